The first kappa shape index (κ1) is 24.5. The second-order valence-electron chi connectivity index (χ2n) is 8.32. The van der Waals surface area contributed by atoms with Crippen molar-refractivity contribution >= 4 is 29.2 Å². The van der Waals surface area contributed by atoms with Crippen molar-refractivity contribution in [2.45, 2.75) is 24.9 Å². The zero-order valence-electron chi connectivity index (χ0n) is 19.3. The lowest BCUT2D eigenvalue weighted by molar-refractivity contribution is -0.122. The summed E-state index contributed by atoms with van der Waals surface area (Å²) in [7, 11) is 1.59. The molecule has 0 spiro atoms. The van der Waals surface area contributed by atoms with Crippen LogP contribution in [-0.4, -0.2) is 64.8 Å². The number of hydrogen-bond donors (Lipinski definition) is 4. The standard InChI is InChI=1S/C24H28ClN7O3/c1-35-19-6-7-21(26-13-19)20-14-32(15-23(33)27-12-18-8-10-28-31-18)11-9-22(20)30-24(34)29-17-4-2-16(25)3-5-17/h2-8,10,13,20,22H,9,11-12,14-15H2,1H3,(H,27,33)(H,28,31)(H2,29,30,34)/t20-,22+/m0/s1. The van der Waals surface area contributed by atoms with Crippen LogP contribution in [0.25, 0.3) is 0 Å². The van der Waals surface area contributed by atoms with E-state index in [1.54, 1.807) is 43.8 Å². The molecule has 1 aromatic carbocycles. The van der Waals surface area contributed by atoms with Crippen LogP contribution in [0.1, 0.15) is 23.7 Å². The Morgan fingerprint density at radius 1 is 1.20 bits per heavy atom. The second kappa shape index (κ2) is 11.7. The maximum absolute atomic E-state index is 12.7. The largest absolute Gasteiger partial charge is 0.495 e. The number of aromatic amines is 1. The van der Waals surface area contributed by atoms with E-state index in [9.17, 15) is 9.59 Å². The summed E-state index contributed by atoms with van der Waals surface area (Å²) in [6.07, 6.45) is 3.98. The second-order valence-corrected chi connectivity index (χ2v) is 8.76. The molecule has 1 aliphatic rings. The molecule has 0 aliphatic carbocycles. The molecule has 3 aromatic rings. The number of urea groups is 1. The molecular formula is C24H28ClN7O3. The van der Waals surface area contributed by atoms with E-state index in [0.29, 0.717) is 42.5 Å². The normalized spacial score (nSPS) is 18.0. The first-order valence-electron chi connectivity index (χ1n) is 11.3. The third-order valence-electron chi connectivity index (χ3n) is 5.89. The monoisotopic (exact) mass is 497 g/mol. The number of piperidine rings is 1. The van der Waals surface area contributed by atoms with Gasteiger partial charge in [0.15, 0.2) is 0 Å². The number of carbonyl (C=O) groups is 2. The summed E-state index contributed by atoms with van der Waals surface area (Å²) in [5.74, 6) is 0.476. The van der Waals surface area contributed by atoms with Crippen molar-refractivity contribution in [1.29, 1.82) is 0 Å². The Morgan fingerprint density at radius 3 is 2.71 bits per heavy atom. The number of anilines is 1. The molecule has 3 heterocycles. The predicted molar refractivity (Wildman–Crippen MR) is 132 cm³/mol. The Hall–Kier alpha value is -3.63. The SMILES string of the molecule is COc1ccc([C@@H]2CN(CC(=O)NCc3ccn[nH]3)CC[C@H]2NC(=O)Nc2ccc(Cl)cc2)nc1. The van der Waals surface area contributed by atoms with Crippen molar-refractivity contribution in [3.05, 3.63) is 71.3 Å². The molecular weight excluding hydrogens is 470 g/mol. The van der Waals surface area contributed by atoms with Crippen molar-refractivity contribution in [3.8, 4) is 5.75 Å². The number of hydrogen-bond acceptors (Lipinski definition) is 6. The Morgan fingerprint density at radius 2 is 2.03 bits per heavy atom. The third kappa shape index (κ3) is 6.93. The van der Waals surface area contributed by atoms with Crippen LogP contribution in [0.3, 0.4) is 0 Å². The number of rotatable bonds is 8. The van der Waals surface area contributed by atoms with Gasteiger partial charge in [0.05, 0.1) is 32.1 Å². The highest BCUT2D eigenvalue weighted by Gasteiger charge is 2.33. The summed E-state index contributed by atoms with van der Waals surface area (Å²) in [5, 5.41) is 16.1. The van der Waals surface area contributed by atoms with Crippen molar-refractivity contribution in [2.24, 2.45) is 0 Å². The number of nitrogens with one attached hydrogen (secondary N) is 4. The Labute approximate surface area is 208 Å². The number of benzene rings is 1. The highest BCUT2D eigenvalue weighted by molar-refractivity contribution is 6.30. The van der Waals surface area contributed by atoms with Gasteiger partial charge in [0.2, 0.25) is 5.91 Å². The number of methoxy groups -OCH3 is 1. The molecule has 4 N–H and O–H groups in total. The molecule has 184 valence electrons. The first-order valence-corrected chi connectivity index (χ1v) is 11.7. The van der Waals surface area contributed by atoms with Gasteiger partial charge < -0.3 is 20.7 Å². The number of aromatic nitrogens is 3. The molecule has 0 saturated carbocycles. The minimum atomic E-state index is -0.304. The molecule has 0 radical (unpaired) electrons. The first-order chi connectivity index (χ1) is 17.0. The van der Waals surface area contributed by atoms with Gasteiger partial charge in [0.25, 0.3) is 0 Å². The van der Waals surface area contributed by atoms with Crippen LogP contribution >= 0.6 is 11.6 Å². The smallest absolute Gasteiger partial charge is 0.319 e. The molecule has 1 aliphatic heterocycles. The van der Waals surface area contributed by atoms with Gasteiger partial charge in [-0.1, -0.05) is 11.6 Å². The quantitative estimate of drug-likeness (QED) is 0.379. The maximum atomic E-state index is 12.7. The van der Waals surface area contributed by atoms with Gasteiger partial charge in [-0.05, 0) is 48.9 Å². The fourth-order valence-electron chi connectivity index (χ4n) is 4.07. The lowest BCUT2D eigenvalue weighted by Crippen LogP contribution is -2.52. The summed E-state index contributed by atoms with van der Waals surface area (Å²) < 4.78 is 5.23. The minimum absolute atomic E-state index is 0.0760. The van der Waals surface area contributed by atoms with E-state index in [1.165, 1.54) is 0 Å². The number of pyridine rings is 1. The van der Waals surface area contributed by atoms with Crippen LogP contribution in [0.5, 0.6) is 5.75 Å². The fourth-order valence-corrected chi connectivity index (χ4v) is 4.20. The van der Waals surface area contributed by atoms with E-state index < -0.39 is 0 Å². The van der Waals surface area contributed by atoms with E-state index in [2.05, 4.69) is 36.0 Å². The summed E-state index contributed by atoms with van der Waals surface area (Å²) in [6, 6.07) is 12.0. The maximum Gasteiger partial charge on any atom is 0.319 e. The van der Waals surface area contributed by atoms with Crippen LogP contribution in [0.4, 0.5) is 10.5 Å². The van der Waals surface area contributed by atoms with Crippen LogP contribution in [0.15, 0.2) is 54.9 Å². The van der Waals surface area contributed by atoms with Crippen molar-refractivity contribution in [3.63, 3.8) is 0 Å². The van der Waals surface area contributed by atoms with Crippen LogP contribution in [-0.2, 0) is 11.3 Å². The summed E-state index contributed by atoms with van der Waals surface area (Å²) >= 11 is 5.93. The van der Waals surface area contributed by atoms with Crippen molar-refractivity contribution in [2.75, 3.05) is 32.1 Å². The van der Waals surface area contributed by atoms with Gasteiger partial charge in [0.1, 0.15) is 5.75 Å². The highest BCUT2D eigenvalue weighted by Crippen LogP contribution is 2.27. The number of H-pyrrole nitrogens is 1. The Bertz CT molecular complexity index is 1110. The predicted octanol–water partition coefficient (Wildman–Crippen LogP) is 2.76. The molecule has 10 nitrogen and oxygen atoms in total. The summed E-state index contributed by atoms with van der Waals surface area (Å²) in [5.41, 5.74) is 2.32. The lowest BCUT2D eigenvalue weighted by Gasteiger charge is -2.38. The molecule has 0 bridgehead atoms. The van der Waals surface area contributed by atoms with Crippen molar-refractivity contribution < 1.29 is 14.3 Å². The van der Waals surface area contributed by atoms with Gasteiger partial charge in [-0.3, -0.25) is 19.8 Å². The van der Waals surface area contributed by atoms with Crippen LogP contribution < -0.4 is 20.7 Å². The molecule has 4 rings (SSSR count). The van der Waals surface area contributed by atoms with E-state index >= 15 is 0 Å². The van der Waals surface area contributed by atoms with E-state index in [1.807, 2.05) is 18.2 Å². The number of halogens is 1. The number of likely N-dealkylation sites (tertiary alicyclic amines) is 1. The van der Waals surface area contributed by atoms with Gasteiger partial charge in [-0.2, -0.15) is 5.10 Å². The average molecular weight is 498 g/mol. The van der Waals surface area contributed by atoms with Gasteiger partial charge in [-0.25, -0.2) is 4.79 Å². The molecule has 2 atom stereocenters. The van der Waals surface area contributed by atoms with Crippen molar-refractivity contribution in [1.82, 2.24) is 30.7 Å². The Balaban J connectivity index is 1.40. The summed E-state index contributed by atoms with van der Waals surface area (Å²) in [6.45, 7) is 1.88. The van der Waals surface area contributed by atoms with E-state index in [4.69, 9.17) is 16.3 Å². The summed E-state index contributed by atoms with van der Waals surface area (Å²) in [4.78, 5) is 31.9. The number of amides is 3. The Kier molecular flexibility index (Phi) is 8.17. The topological polar surface area (TPSA) is 124 Å². The zero-order valence-corrected chi connectivity index (χ0v) is 20.1. The van der Waals surface area contributed by atoms with Gasteiger partial charge >= 0.3 is 6.03 Å². The van der Waals surface area contributed by atoms with Crippen LogP contribution in [0, 0.1) is 0 Å². The molecule has 35 heavy (non-hydrogen) atoms. The average Bonchev–Trinajstić information content (AvgIpc) is 3.39. The highest BCUT2D eigenvalue weighted by atomic mass is 35.5. The van der Waals surface area contributed by atoms with E-state index in [0.717, 1.165) is 11.4 Å². The van der Waals surface area contributed by atoms with Crippen LogP contribution in [0.2, 0.25) is 5.02 Å². The lowest BCUT2D eigenvalue weighted by atomic mass is 9.88. The van der Waals surface area contributed by atoms with Gasteiger partial charge in [0, 0.05) is 47.7 Å². The zero-order chi connectivity index (χ0) is 24.6. The molecule has 1 saturated heterocycles. The molecule has 3 amide bonds. The van der Waals surface area contributed by atoms with Gasteiger partial charge in [-0.15, -0.1) is 0 Å². The number of carbonyl (C=O) groups excluding carboxylic acids is 2. The minimum Gasteiger partial charge on any atom is -0.495 e. The molecule has 1 fully saturated rings. The fraction of sp³-hybridized carbons (Fsp3) is 0.333. The number of nitrogens with zero attached hydrogens (tertiary/aromatic N) is 3. The molecule has 11 heteroatoms. The number of ether oxygens (including phenoxy) is 1. The third-order valence-corrected chi connectivity index (χ3v) is 6.14. The van der Waals surface area contributed by atoms with E-state index in [-0.39, 0.29) is 30.4 Å². The molecule has 2 aromatic heterocycles. The molecule has 0 unspecified atom stereocenters.